The molecule has 0 unspecified atom stereocenters. The van der Waals surface area contributed by atoms with Gasteiger partial charge < -0.3 is 10.6 Å². The SMILES string of the molecule is CCN(C(=O)c1cccc(Cl)c1F)c1ccc(N)cc1. The van der Waals surface area contributed by atoms with Crippen molar-refractivity contribution in [2.45, 2.75) is 6.92 Å². The van der Waals surface area contributed by atoms with Gasteiger partial charge in [0.15, 0.2) is 5.82 Å². The van der Waals surface area contributed by atoms with Crippen molar-refractivity contribution in [3.63, 3.8) is 0 Å². The normalized spacial score (nSPS) is 10.3. The highest BCUT2D eigenvalue weighted by molar-refractivity contribution is 6.31. The van der Waals surface area contributed by atoms with Crippen LogP contribution in [0.4, 0.5) is 15.8 Å². The van der Waals surface area contributed by atoms with Crippen LogP contribution in [-0.2, 0) is 0 Å². The lowest BCUT2D eigenvalue weighted by atomic mass is 10.1. The zero-order valence-electron chi connectivity index (χ0n) is 10.9. The zero-order chi connectivity index (χ0) is 14.7. The van der Waals surface area contributed by atoms with Gasteiger partial charge in [0.1, 0.15) is 0 Å². The molecule has 104 valence electrons. The first-order chi connectivity index (χ1) is 9.54. The summed E-state index contributed by atoms with van der Waals surface area (Å²) in [6, 6.07) is 11.2. The van der Waals surface area contributed by atoms with Crippen molar-refractivity contribution in [3.05, 3.63) is 58.9 Å². The van der Waals surface area contributed by atoms with Crippen LogP contribution in [-0.4, -0.2) is 12.5 Å². The van der Waals surface area contributed by atoms with Crippen LogP contribution in [0.2, 0.25) is 5.02 Å². The number of nitrogens with two attached hydrogens (primary N) is 1. The van der Waals surface area contributed by atoms with E-state index < -0.39 is 11.7 Å². The molecule has 0 saturated heterocycles. The Labute approximate surface area is 121 Å². The van der Waals surface area contributed by atoms with E-state index in [1.165, 1.54) is 17.0 Å². The third-order valence-corrected chi connectivity index (χ3v) is 3.24. The van der Waals surface area contributed by atoms with E-state index in [4.69, 9.17) is 17.3 Å². The minimum Gasteiger partial charge on any atom is -0.399 e. The maximum absolute atomic E-state index is 13.9. The Bertz CT molecular complexity index is 628. The average molecular weight is 293 g/mol. The van der Waals surface area contributed by atoms with E-state index >= 15 is 0 Å². The minimum atomic E-state index is -0.701. The number of nitrogens with zero attached hydrogens (tertiary/aromatic N) is 1. The van der Waals surface area contributed by atoms with E-state index in [0.29, 0.717) is 17.9 Å². The van der Waals surface area contributed by atoms with E-state index in [1.807, 2.05) is 6.92 Å². The number of amides is 1. The fourth-order valence-corrected chi connectivity index (χ4v) is 2.09. The van der Waals surface area contributed by atoms with Gasteiger partial charge in [-0.25, -0.2) is 4.39 Å². The molecule has 0 heterocycles. The topological polar surface area (TPSA) is 46.3 Å². The minimum absolute atomic E-state index is 0.0452. The number of hydrogen-bond acceptors (Lipinski definition) is 2. The van der Waals surface area contributed by atoms with Gasteiger partial charge in [0.25, 0.3) is 5.91 Å². The maximum atomic E-state index is 13.9. The molecule has 2 aromatic carbocycles. The summed E-state index contributed by atoms with van der Waals surface area (Å²) in [4.78, 5) is 13.9. The second-order valence-corrected chi connectivity index (χ2v) is 4.65. The summed E-state index contributed by atoms with van der Waals surface area (Å²) < 4.78 is 13.9. The number of halogens is 2. The first kappa shape index (κ1) is 14.3. The zero-order valence-corrected chi connectivity index (χ0v) is 11.7. The van der Waals surface area contributed by atoms with Crippen molar-refractivity contribution in [3.8, 4) is 0 Å². The highest BCUT2D eigenvalue weighted by atomic mass is 35.5. The van der Waals surface area contributed by atoms with Crippen LogP contribution in [0.1, 0.15) is 17.3 Å². The summed E-state index contributed by atoms with van der Waals surface area (Å²) in [5, 5.41) is -0.0655. The predicted octanol–water partition coefficient (Wildman–Crippen LogP) is 3.73. The standard InChI is InChI=1S/C15H14ClFN2O/c1-2-19(11-8-6-10(18)7-9-11)15(20)12-4-3-5-13(16)14(12)17/h3-9H,2,18H2,1H3. The van der Waals surface area contributed by atoms with Crippen molar-refractivity contribution in [1.29, 1.82) is 0 Å². The summed E-state index contributed by atoms with van der Waals surface area (Å²) in [5.74, 6) is -1.13. The molecular weight excluding hydrogens is 279 g/mol. The molecule has 0 aliphatic carbocycles. The van der Waals surface area contributed by atoms with Gasteiger partial charge in [0, 0.05) is 17.9 Å². The van der Waals surface area contributed by atoms with Crippen molar-refractivity contribution in [2.75, 3.05) is 17.2 Å². The lowest BCUT2D eigenvalue weighted by molar-refractivity contribution is 0.0984. The van der Waals surface area contributed by atoms with Crippen LogP contribution < -0.4 is 10.6 Å². The Morgan fingerprint density at radius 3 is 2.50 bits per heavy atom. The molecule has 0 spiro atoms. The molecule has 0 saturated carbocycles. The summed E-state index contributed by atoms with van der Waals surface area (Å²) in [7, 11) is 0. The summed E-state index contributed by atoms with van der Waals surface area (Å²) >= 11 is 5.71. The Balaban J connectivity index is 2.39. The lowest BCUT2D eigenvalue weighted by Crippen LogP contribution is -2.31. The monoisotopic (exact) mass is 292 g/mol. The lowest BCUT2D eigenvalue weighted by Gasteiger charge is -2.21. The van der Waals surface area contributed by atoms with Crippen molar-refractivity contribution >= 4 is 28.9 Å². The van der Waals surface area contributed by atoms with Crippen LogP contribution in [0.15, 0.2) is 42.5 Å². The van der Waals surface area contributed by atoms with Crippen molar-refractivity contribution < 1.29 is 9.18 Å². The van der Waals surface area contributed by atoms with Gasteiger partial charge in [0.05, 0.1) is 10.6 Å². The van der Waals surface area contributed by atoms with Gasteiger partial charge in [-0.3, -0.25) is 4.79 Å². The van der Waals surface area contributed by atoms with Crippen LogP contribution in [0.5, 0.6) is 0 Å². The van der Waals surface area contributed by atoms with Gasteiger partial charge in [-0.1, -0.05) is 17.7 Å². The Hall–Kier alpha value is -2.07. The second-order valence-electron chi connectivity index (χ2n) is 4.24. The highest BCUT2D eigenvalue weighted by Gasteiger charge is 2.20. The Kier molecular flexibility index (Phi) is 4.25. The molecule has 1 amide bonds. The second kappa shape index (κ2) is 5.92. The molecule has 0 radical (unpaired) electrons. The third kappa shape index (κ3) is 2.75. The molecule has 0 aliphatic heterocycles. The summed E-state index contributed by atoms with van der Waals surface area (Å²) in [6.45, 7) is 2.23. The van der Waals surface area contributed by atoms with Crippen LogP contribution in [0, 0.1) is 5.82 Å². The number of anilines is 2. The fourth-order valence-electron chi connectivity index (χ4n) is 1.91. The Morgan fingerprint density at radius 1 is 1.25 bits per heavy atom. The quantitative estimate of drug-likeness (QED) is 0.876. The Morgan fingerprint density at radius 2 is 1.90 bits per heavy atom. The smallest absolute Gasteiger partial charge is 0.261 e. The van der Waals surface area contributed by atoms with E-state index in [1.54, 1.807) is 30.3 Å². The van der Waals surface area contributed by atoms with E-state index in [-0.39, 0.29) is 10.6 Å². The maximum Gasteiger partial charge on any atom is 0.261 e. The van der Waals surface area contributed by atoms with Crippen LogP contribution in [0.3, 0.4) is 0 Å². The molecule has 2 aromatic rings. The molecule has 20 heavy (non-hydrogen) atoms. The molecule has 0 atom stereocenters. The first-order valence-electron chi connectivity index (χ1n) is 6.16. The van der Waals surface area contributed by atoms with Crippen molar-refractivity contribution in [1.82, 2.24) is 0 Å². The fraction of sp³-hybridized carbons (Fsp3) is 0.133. The number of carbonyl (C=O) groups is 1. The summed E-state index contributed by atoms with van der Waals surface area (Å²) in [5.41, 5.74) is 6.83. The number of carbonyl (C=O) groups excluding carboxylic acids is 1. The van der Waals surface area contributed by atoms with Crippen LogP contribution in [0.25, 0.3) is 0 Å². The highest BCUT2D eigenvalue weighted by Crippen LogP contribution is 2.23. The molecule has 0 bridgehead atoms. The van der Waals surface area contributed by atoms with Gasteiger partial charge in [-0.15, -0.1) is 0 Å². The predicted molar refractivity (Wildman–Crippen MR) is 79.6 cm³/mol. The number of rotatable bonds is 3. The van der Waals surface area contributed by atoms with E-state index in [2.05, 4.69) is 0 Å². The third-order valence-electron chi connectivity index (χ3n) is 2.95. The molecule has 0 fully saturated rings. The van der Waals surface area contributed by atoms with Gasteiger partial charge in [-0.2, -0.15) is 0 Å². The van der Waals surface area contributed by atoms with Gasteiger partial charge in [-0.05, 0) is 43.3 Å². The van der Waals surface area contributed by atoms with Gasteiger partial charge >= 0.3 is 0 Å². The molecule has 0 aromatic heterocycles. The summed E-state index contributed by atoms with van der Waals surface area (Å²) in [6.07, 6.45) is 0. The molecule has 0 aliphatic rings. The molecule has 2 rings (SSSR count). The van der Waals surface area contributed by atoms with Gasteiger partial charge in [0.2, 0.25) is 0 Å². The number of benzene rings is 2. The molecule has 5 heteroatoms. The van der Waals surface area contributed by atoms with Crippen molar-refractivity contribution in [2.24, 2.45) is 0 Å². The molecular formula is C15H14ClFN2O. The average Bonchev–Trinajstić information content (AvgIpc) is 2.44. The first-order valence-corrected chi connectivity index (χ1v) is 6.53. The van der Waals surface area contributed by atoms with E-state index in [9.17, 15) is 9.18 Å². The van der Waals surface area contributed by atoms with E-state index in [0.717, 1.165) is 0 Å². The molecule has 2 N–H and O–H groups in total. The molecule has 3 nitrogen and oxygen atoms in total. The largest absolute Gasteiger partial charge is 0.399 e. The number of nitrogen functional groups attached to an aromatic ring is 1. The van der Waals surface area contributed by atoms with Crippen LogP contribution >= 0.6 is 11.6 Å². The number of hydrogen-bond donors (Lipinski definition) is 1.